The lowest BCUT2D eigenvalue weighted by Gasteiger charge is -2.24. The monoisotopic (exact) mass is 305 g/mol. The van der Waals surface area contributed by atoms with Crippen LogP contribution in [-0.2, 0) is 0 Å². The Labute approximate surface area is 119 Å². The summed E-state index contributed by atoms with van der Waals surface area (Å²) in [6.07, 6.45) is 1.83. The summed E-state index contributed by atoms with van der Waals surface area (Å²) in [6.45, 7) is 3.01. The maximum Gasteiger partial charge on any atom is 0.129 e. The first kappa shape index (κ1) is 18.6. The average Bonchev–Trinajstić information content (AvgIpc) is 2.20. The van der Waals surface area contributed by atoms with E-state index in [1.54, 1.807) is 0 Å². The van der Waals surface area contributed by atoms with Crippen molar-refractivity contribution >= 4 is 48.8 Å². The van der Waals surface area contributed by atoms with Crippen LogP contribution in [0.3, 0.4) is 0 Å². The Hall–Kier alpha value is 0.230. The second-order valence-electron chi connectivity index (χ2n) is 3.13. The van der Waals surface area contributed by atoms with E-state index in [9.17, 15) is 0 Å². The van der Waals surface area contributed by atoms with E-state index >= 15 is 0 Å². The zero-order valence-electron chi connectivity index (χ0n) is 8.48. The minimum absolute atomic E-state index is 0. The van der Waals surface area contributed by atoms with Crippen molar-refractivity contribution in [3.05, 3.63) is 29.0 Å². The predicted octanol–water partition coefficient (Wildman–Crippen LogP) is 2.23. The van der Waals surface area contributed by atoms with Gasteiger partial charge in [-0.25, -0.2) is 4.98 Å². The van der Waals surface area contributed by atoms with Gasteiger partial charge in [0.1, 0.15) is 5.15 Å². The molecule has 3 nitrogen and oxygen atoms in total. The van der Waals surface area contributed by atoms with Crippen LogP contribution in [0.1, 0.15) is 11.6 Å². The van der Waals surface area contributed by atoms with Gasteiger partial charge in [-0.15, -0.1) is 37.2 Å². The molecule has 1 aromatic heterocycles. The molecule has 1 saturated heterocycles. The first-order chi connectivity index (χ1) is 6.36. The number of pyridine rings is 1. The predicted molar refractivity (Wildman–Crippen MR) is 74.6 cm³/mol. The topological polar surface area (TPSA) is 37.0 Å². The van der Waals surface area contributed by atoms with Crippen LogP contribution in [0.15, 0.2) is 18.3 Å². The third-order valence-corrected chi connectivity index (χ3v) is 2.42. The van der Waals surface area contributed by atoms with Crippen molar-refractivity contribution < 1.29 is 0 Å². The third kappa shape index (κ3) is 5.04. The highest BCUT2D eigenvalue weighted by Crippen LogP contribution is 2.14. The van der Waals surface area contributed by atoms with Gasteiger partial charge in [-0.2, -0.15) is 0 Å². The Morgan fingerprint density at radius 3 is 2.44 bits per heavy atom. The number of nitrogens with one attached hydrogen (secondary N) is 2. The van der Waals surface area contributed by atoms with Crippen molar-refractivity contribution in [2.24, 2.45) is 0 Å². The van der Waals surface area contributed by atoms with Gasteiger partial charge in [0, 0.05) is 31.9 Å². The molecule has 16 heavy (non-hydrogen) atoms. The van der Waals surface area contributed by atoms with Crippen LogP contribution in [0.25, 0.3) is 0 Å². The van der Waals surface area contributed by atoms with E-state index in [2.05, 4.69) is 15.6 Å². The maximum atomic E-state index is 5.70. The smallest absolute Gasteiger partial charge is 0.129 e. The van der Waals surface area contributed by atoms with Gasteiger partial charge in [-0.1, -0.05) is 17.7 Å². The van der Waals surface area contributed by atoms with Gasteiger partial charge in [-0.05, 0) is 11.6 Å². The van der Waals surface area contributed by atoms with Crippen molar-refractivity contribution in [2.75, 3.05) is 19.6 Å². The molecule has 2 heterocycles. The SMILES string of the molecule is Cl.Cl.Cl.Clc1ccc(C2CNCCN2)cn1. The molecule has 0 saturated carbocycles. The number of hydrogen-bond acceptors (Lipinski definition) is 3. The van der Waals surface area contributed by atoms with Gasteiger partial charge in [0.15, 0.2) is 0 Å². The van der Waals surface area contributed by atoms with Crippen molar-refractivity contribution in [1.29, 1.82) is 0 Å². The molecule has 0 aliphatic carbocycles. The zero-order chi connectivity index (χ0) is 9.10. The van der Waals surface area contributed by atoms with E-state index < -0.39 is 0 Å². The van der Waals surface area contributed by atoms with E-state index in [1.807, 2.05) is 18.3 Å². The van der Waals surface area contributed by atoms with Crippen LogP contribution < -0.4 is 10.6 Å². The van der Waals surface area contributed by atoms with Crippen molar-refractivity contribution in [1.82, 2.24) is 15.6 Å². The molecule has 0 radical (unpaired) electrons. The van der Waals surface area contributed by atoms with E-state index in [4.69, 9.17) is 11.6 Å². The molecule has 1 aliphatic heterocycles. The van der Waals surface area contributed by atoms with E-state index in [1.165, 1.54) is 5.56 Å². The summed E-state index contributed by atoms with van der Waals surface area (Å²) in [5.74, 6) is 0. The van der Waals surface area contributed by atoms with Crippen molar-refractivity contribution in [3.63, 3.8) is 0 Å². The van der Waals surface area contributed by atoms with E-state index in [0.717, 1.165) is 19.6 Å². The quantitative estimate of drug-likeness (QED) is 0.781. The van der Waals surface area contributed by atoms with E-state index in [0.29, 0.717) is 11.2 Å². The Balaban J connectivity index is 0. The molecular formula is C9H15Cl4N3. The molecule has 0 bridgehead atoms. The molecule has 2 N–H and O–H groups in total. The number of piperazine rings is 1. The molecule has 0 amide bonds. The Bertz CT molecular complexity index is 275. The molecule has 7 heteroatoms. The first-order valence-corrected chi connectivity index (χ1v) is 4.79. The van der Waals surface area contributed by atoms with Crippen LogP contribution in [0.5, 0.6) is 0 Å². The molecule has 0 aromatic carbocycles. The first-order valence-electron chi connectivity index (χ1n) is 4.42. The number of aromatic nitrogens is 1. The third-order valence-electron chi connectivity index (χ3n) is 2.19. The molecule has 2 rings (SSSR count). The summed E-state index contributed by atoms with van der Waals surface area (Å²) in [4.78, 5) is 4.05. The van der Waals surface area contributed by atoms with Crippen molar-refractivity contribution in [2.45, 2.75) is 6.04 Å². The van der Waals surface area contributed by atoms with Gasteiger partial charge in [0.05, 0.1) is 0 Å². The lowest BCUT2D eigenvalue weighted by atomic mass is 10.1. The van der Waals surface area contributed by atoms with E-state index in [-0.39, 0.29) is 37.2 Å². The van der Waals surface area contributed by atoms with Gasteiger partial charge >= 0.3 is 0 Å². The van der Waals surface area contributed by atoms with Gasteiger partial charge < -0.3 is 10.6 Å². The fourth-order valence-corrected chi connectivity index (χ4v) is 1.59. The number of hydrogen-bond donors (Lipinski definition) is 2. The maximum absolute atomic E-state index is 5.70. The minimum Gasteiger partial charge on any atom is -0.314 e. The fraction of sp³-hybridized carbons (Fsp3) is 0.444. The molecule has 1 unspecified atom stereocenters. The molecule has 0 spiro atoms. The standard InChI is InChI=1S/C9H12ClN3.3ClH/c10-9-2-1-7(5-13-9)8-6-11-3-4-12-8;;;/h1-2,5,8,11-12H,3-4,6H2;3*1H. The zero-order valence-corrected chi connectivity index (χ0v) is 11.7. The summed E-state index contributed by atoms with van der Waals surface area (Å²) < 4.78 is 0. The minimum atomic E-state index is 0. The molecule has 1 aromatic rings. The molecule has 1 atom stereocenters. The molecule has 1 fully saturated rings. The Morgan fingerprint density at radius 2 is 1.94 bits per heavy atom. The van der Waals surface area contributed by atoms with Crippen molar-refractivity contribution in [3.8, 4) is 0 Å². The second kappa shape index (κ2) is 9.28. The normalized spacial score (nSPS) is 18.7. The van der Waals surface area contributed by atoms with Crippen LogP contribution >= 0.6 is 48.8 Å². The van der Waals surface area contributed by atoms with Crippen LogP contribution in [0.2, 0.25) is 5.15 Å². The Morgan fingerprint density at radius 1 is 1.19 bits per heavy atom. The average molecular weight is 307 g/mol. The molecule has 1 aliphatic rings. The number of rotatable bonds is 1. The lowest BCUT2D eigenvalue weighted by Crippen LogP contribution is -2.42. The van der Waals surface area contributed by atoms with Gasteiger partial charge in [-0.3, -0.25) is 0 Å². The highest BCUT2D eigenvalue weighted by molar-refractivity contribution is 6.29. The number of halogens is 4. The largest absolute Gasteiger partial charge is 0.314 e. The van der Waals surface area contributed by atoms with Crippen LogP contribution in [0, 0.1) is 0 Å². The second-order valence-corrected chi connectivity index (χ2v) is 3.51. The summed E-state index contributed by atoms with van der Waals surface area (Å²) >= 11 is 5.70. The summed E-state index contributed by atoms with van der Waals surface area (Å²) in [5.41, 5.74) is 1.19. The number of nitrogens with zero attached hydrogens (tertiary/aromatic N) is 1. The summed E-state index contributed by atoms with van der Waals surface area (Å²) in [5, 5.41) is 7.28. The van der Waals surface area contributed by atoms with Gasteiger partial charge in [0.25, 0.3) is 0 Å². The Kier molecular flexibility index (Phi) is 10.8. The van der Waals surface area contributed by atoms with Crippen LogP contribution in [0.4, 0.5) is 0 Å². The fourth-order valence-electron chi connectivity index (χ4n) is 1.48. The molecule has 94 valence electrons. The highest BCUT2D eigenvalue weighted by atomic mass is 35.5. The van der Waals surface area contributed by atoms with Gasteiger partial charge in [0.2, 0.25) is 0 Å². The summed E-state index contributed by atoms with van der Waals surface area (Å²) in [7, 11) is 0. The highest BCUT2D eigenvalue weighted by Gasteiger charge is 2.13. The lowest BCUT2D eigenvalue weighted by molar-refractivity contribution is 0.429. The van der Waals surface area contributed by atoms with Crippen LogP contribution in [-0.4, -0.2) is 24.6 Å². The summed E-state index contributed by atoms with van der Waals surface area (Å²) in [6, 6.07) is 4.21. The molecular weight excluding hydrogens is 292 g/mol.